The minimum atomic E-state index is 0. The zero-order chi connectivity index (χ0) is 13.9. The van der Waals surface area contributed by atoms with Gasteiger partial charge in [0, 0.05) is 49.3 Å². The zero-order valence-electron chi connectivity index (χ0n) is 12.6. The molecule has 0 amide bonds. The molecule has 3 rings (SSSR count). The molecule has 1 aromatic rings. The van der Waals surface area contributed by atoms with Crippen molar-refractivity contribution in [3.8, 4) is 0 Å². The molecule has 2 fully saturated rings. The Bertz CT molecular complexity index is 443. The molecule has 0 bridgehead atoms. The Balaban J connectivity index is 0.00000161. The van der Waals surface area contributed by atoms with E-state index in [2.05, 4.69) is 62.2 Å². The first-order valence-corrected chi connectivity index (χ1v) is 8.47. The van der Waals surface area contributed by atoms with E-state index in [0.29, 0.717) is 6.04 Å². The second-order valence-electron chi connectivity index (χ2n) is 5.95. The van der Waals surface area contributed by atoms with E-state index in [4.69, 9.17) is 0 Å². The van der Waals surface area contributed by atoms with E-state index in [9.17, 15) is 0 Å². The third-order valence-electron chi connectivity index (χ3n) is 4.78. The number of hydrogen-bond acceptors (Lipinski definition) is 3. The second-order valence-corrected chi connectivity index (χ2v) is 6.87. The SMILES string of the molecule is CC(c1cccc(Br)c1)N1CCN(C2CCNC2)CC1.Cl. The van der Waals surface area contributed by atoms with Crippen LogP contribution in [0.5, 0.6) is 0 Å². The third kappa shape index (κ3) is 4.20. The van der Waals surface area contributed by atoms with Crippen molar-refractivity contribution in [1.82, 2.24) is 15.1 Å². The molecule has 0 aliphatic carbocycles. The van der Waals surface area contributed by atoms with Crippen molar-refractivity contribution in [2.24, 2.45) is 0 Å². The first-order chi connectivity index (χ1) is 9.74. The van der Waals surface area contributed by atoms with E-state index in [1.807, 2.05) is 0 Å². The molecule has 1 N–H and O–H groups in total. The van der Waals surface area contributed by atoms with Crippen molar-refractivity contribution in [2.75, 3.05) is 39.3 Å². The molecule has 1 aromatic carbocycles. The molecular formula is C16H25BrClN3. The average Bonchev–Trinajstić information content (AvgIpc) is 3.01. The molecule has 3 nitrogen and oxygen atoms in total. The van der Waals surface area contributed by atoms with Gasteiger partial charge in [-0.05, 0) is 37.6 Å². The molecule has 2 unspecified atom stereocenters. The fourth-order valence-electron chi connectivity index (χ4n) is 3.42. The predicted octanol–water partition coefficient (Wildman–Crippen LogP) is 2.91. The van der Waals surface area contributed by atoms with E-state index >= 15 is 0 Å². The van der Waals surface area contributed by atoms with E-state index < -0.39 is 0 Å². The number of nitrogens with one attached hydrogen (secondary N) is 1. The highest BCUT2D eigenvalue weighted by atomic mass is 79.9. The van der Waals surface area contributed by atoms with Gasteiger partial charge in [-0.3, -0.25) is 9.80 Å². The van der Waals surface area contributed by atoms with Gasteiger partial charge in [0.1, 0.15) is 0 Å². The molecule has 2 saturated heterocycles. The van der Waals surface area contributed by atoms with E-state index in [1.54, 1.807) is 0 Å². The summed E-state index contributed by atoms with van der Waals surface area (Å²) in [6.45, 7) is 9.50. The molecular weight excluding hydrogens is 350 g/mol. The smallest absolute Gasteiger partial charge is 0.0321 e. The van der Waals surface area contributed by atoms with E-state index in [-0.39, 0.29) is 12.4 Å². The van der Waals surface area contributed by atoms with Gasteiger partial charge >= 0.3 is 0 Å². The lowest BCUT2D eigenvalue weighted by Crippen LogP contribution is -2.51. The van der Waals surface area contributed by atoms with Gasteiger partial charge in [0.15, 0.2) is 0 Å². The van der Waals surface area contributed by atoms with Crippen LogP contribution >= 0.6 is 28.3 Å². The van der Waals surface area contributed by atoms with Crippen molar-refractivity contribution >= 4 is 28.3 Å². The van der Waals surface area contributed by atoms with Gasteiger partial charge in [0.05, 0.1) is 0 Å². The van der Waals surface area contributed by atoms with Crippen LogP contribution in [0.4, 0.5) is 0 Å². The summed E-state index contributed by atoms with van der Waals surface area (Å²) in [5.74, 6) is 0. The van der Waals surface area contributed by atoms with Gasteiger partial charge in [0.25, 0.3) is 0 Å². The van der Waals surface area contributed by atoms with Crippen LogP contribution in [0.1, 0.15) is 24.9 Å². The largest absolute Gasteiger partial charge is 0.315 e. The minimum absolute atomic E-state index is 0. The van der Waals surface area contributed by atoms with Crippen LogP contribution in [0.15, 0.2) is 28.7 Å². The molecule has 2 aliphatic heterocycles. The highest BCUT2D eigenvalue weighted by Gasteiger charge is 2.27. The number of halogens is 2. The van der Waals surface area contributed by atoms with Gasteiger partial charge in [-0.25, -0.2) is 0 Å². The predicted molar refractivity (Wildman–Crippen MR) is 94.2 cm³/mol. The summed E-state index contributed by atoms with van der Waals surface area (Å²) in [6.07, 6.45) is 1.32. The molecule has 0 aromatic heterocycles. The summed E-state index contributed by atoms with van der Waals surface area (Å²) >= 11 is 3.58. The molecule has 0 saturated carbocycles. The summed E-state index contributed by atoms with van der Waals surface area (Å²) in [4.78, 5) is 5.28. The van der Waals surface area contributed by atoms with Crippen LogP contribution < -0.4 is 5.32 Å². The van der Waals surface area contributed by atoms with Gasteiger partial charge in [-0.2, -0.15) is 0 Å². The number of nitrogens with zero attached hydrogens (tertiary/aromatic N) is 2. The molecule has 2 heterocycles. The van der Waals surface area contributed by atoms with Crippen LogP contribution in [0.25, 0.3) is 0 Å². The molecule has 0 radical (unpaired) electrons. The van der Waals surface area contributed by atoms with Crippen molar-refractivity contribution < 1.29 is 0 Å². The molecule has 0 spiro atoms. The minimum Gasteiger partial charge on any atom is -0.315 e. The maximum Gasteiger partial charge on any atom is 0.0321 e. The lowest BCUT2D eigenvalue weighted by molar-refractivity contribution is 0.0787. The summed E-state index contributed by atoms with van der Waals surface area (Å²) < 4.78 is 1.18. The first-order valence-electron chi connectivity index (χ1n) is 7.68. The van der Waals surface area contributed by atoms with Crippen LogP contribution in [-0.4, -0.2) is 55.1 Å². The highest BCUT2D eigenvalue weighted by molar-refractivity contribution is 9.10. The molecule has 21 heavy (non-hydrogen) atoms. The van der Waals surface area contributed by atoms with Crippen LogP contribution in [0.3, 0.4) is 0 Å². The van der Waals surface area contributed by atoms with E-state index in [0.717, 1.165) is 6.04 Å². The fraction of sp³-hybridized carbons (Fsp3) is 0.625. The monoisotopic (exact) mass is 373 g/mol. The Morgan fingerprint density at radius 2 is 2.00 bits per heavy atom. The van der Waals surface area contributed by atoms with Crippen molar-refractivity contribution in [2.45, 2.75) is 25.4 Å². The standard InChI is InChI=1S/C16H24BrN3.ClH/c1-13(14-3-2-4-15(17)11-14)19-7-9-20(10-8-19)16-5-6-18-12-16;/h2-4,11,13,16,18H,5-10,12H2,1H3;1H. The average molecular weight is 375 g/mol. The lowest BCUT2D eigenvalue weighted by atomic mass is 10.1. The number of piperazine rings is 1. The molecule has 118 valence electrons. The lowest BCUT2D eigenvalue weighted by Gasteiger charge is -2.40. The number of benzene rings is 1. The molecule has 2 aliphatic rings. The van der Waals surface area contributed by atoms with Crippen molar-refractivity contribution in [1.29, 1.82) is 0 Å². The summed E-state index contributed by atoms with van der Waals surface area (Å²) in [5.41, 5.74) is 1.41. The Hall–Kier alpha value is -0.130. The Morgan fingerprint density at radius 1 is 1.24 bits per heavy atom. The summed E-state index contributed by atoms with van der Waals surface area (Å²) in [6, 6.07) is 10.0. The van der Waals surface area contributed by atoms with Crippen LogP contribution in [0, 0.1) is 0 Å². The zero-order valence-corrected chi connectivity index (χ0v) is 15.0. The van der Waals surface area contributed by atoms with E-state index in [1.165, 1.54) is 55.7 Å². The Morgan fingerprint density at radius 3 is 2.62 bits per heavy atom. The van der Waals surface area contributed by atoms with Gasteiger partial charge in [0.2, 0.25) is 0 Å². The maximum atomic E-state index is 3.58. The van der Waals surface area contributed by atoms with Crippen LogP contribution in [-0.2, 0) is 0 Å². The second kappa shape index (κ2) is 7.93. The first kappa shape index (κ1) is 17.2. The summed E-state index contributed by atoms with van der Waals surface area (Å²) in [7, 11) is 0. The van der Waals surface area contributed by atoms with Crippen molar-refractivity contribution in [3.63, 3.8) is 0 Å². The normalized spacial score (nSPS) is 25.5. The number of hydrogen-bond donors (Lipinski definition) is 1. The van der Waals surface area contributed by atoms with Crippen molar-refractivity contribution in [3.05, 3.63) is 34.3 Å². The topological polar surface area (TPSA) is 18.5 Å². The summed E-state index contributed by atoms with van der Waals surface area (Å²) in [5, 5.41) is 3.48. The van der Waals surface area contributed by atoms with Gasteiger partial charge in [-0.15, -0.1) is 12.4 Å². The molecule has 2 atom stereocenters. The van der Waals surface area contributed by atoms with Crippen LogP contribution in [0.2, 0.25) is 0 Å². The molecule has 5 heteroatoms. The third-order valence-corrected chi connectivity index (χ3v) is 5.27. The quantitative estimate of drug-likeness (QED) is 0.877. The van der Waals surface area contributed by atoms with Gasteiger partial charge < -0.3 is 5.32 Å². The fourth-order valence-corrected chi connectivity index (χ4v) is 3.84. The van der Waals surface area contributed by atoms with Gasteiger partial charge in [-0.1, -0.05) is 28.1 Å². The number of rotatable bonds is 3. The Labute approximate surface area is 142 Å². The maximum absolute atomic E-state index is 3.58. The highest BCUT2D eigenvalue weighted by Crippen LogP contribution is 2.25. The Kier molecular flexibility index (Phi) is 6.51.